The highest BCUT2D eigenvalue weighted by Gasteiger charge is 2.49. The van der Waals surface area contributed by atoms with Gasteiger partial charge in [-0.15, -0.1) is 0 Å². The van der Waals surface area contributed by atoms with Crippen LogP contribution in [0, 0.1) is 0 Å². The quantitative estimate of drug-likeness (QED) is 0.772. The van der Waals surface area contributed by atoms with Gasteiger partial charge in [0.15, 0.2) is 5.82 Å². The third-order valence-corrected chi connectivity index (χ3v) is 4.32. The van der Waals surface area contributed by atoms with Gasteiger partial charge in [0.25, 0.3) is 0 Å². The number of nitrogen functional groups attached to an aromatic ring is 1. The molecule has 4 nitrogen and oxygen atoms in total. The van der Waals surface area contributed by atoms with Gasteiger partial charge in [0.05, 0.1) is 5.69 Å². The van der Waals surface area contributed by atoms with E-state index in [0.29, 0.717) is 5.82 Å². The molecule has 1 saturated carbocycles. The molecule has 1 aliphatic carbocycles. The molecule has 3 aromatic rings. The minimum atomic E-state index is 0.0322. The number of H-pyrrole nitrogens is 1. The van der Waals surface area contributed by atoms with Gasteiger partial charge < -0.3 is 5.73 Å². The Balaban J connectivity index is 1.88. The molecular formula is C17H16N4. The van der Waals surface area contributed by atoms with Crippen molar-refractivity contribution in [3.8, 4) is 11.1 Å². The number of nitrogens with zero attached hydrogens (tertiary/aromatic N) is 2. The number of nitrogens with one attached hydrogen (secondary N) is 1. The highest BCUT2D eigenvalue weighted by atomic mass is 15.2. The van der Waals surface area contributed by atoms with Crippen LogP contribution < -0.4 is 5.73 Å². The fourth-order valence-corrected chi connectivity index (χ4v) is 3.08. The Morgan fingerprint density at radius 2 is 1.71 bits per heavy atom. The van der Waals surface area contributed by atoms with Gasteiger partial charge in [-0.3, -0.25) is 10.1 Å². The van der Waals surface area contributed by atoms with Gasteiger partial charge in [-0.1, -0.05) is 30.3 Å². The molecule has 1 fully saturated rings. The van der Waals surface area contributed by atoms with Crippen LogP contribution in [0.3, 0.4) is 0 Å². The van der Waals surface area contributed by atoms with Crippen molar-refractivity contribution in [2.24, 2.45) is 0 Å². The highest BCUT2D eigenvalue weighted by molar-refractivity contribution is 5.78. The molecule has 0 aliphatic heterocycles. The molecule has 4 rings (SSSR count). The van der Waals surface area contributed by atoms with Crippen molar-refractivity contribution < 1.29 is 0 Å². The zero-order chi connectivity index (χ0) is 14.3. The molecular weight excluding hydrogens is 260 g/mol. The van der Waals surface area contributed by atoms with Crippen LogP contribution in [0.4, 0.5) is 5.82 Å². The lowest BCUT2D eigenvalue weighted by atomic mass is 9.88. The van der Waals surface area contributed by atoms with Crippen molar-refractivity contribution in [1.29, 1.82) is 0 Å². The highest BCUT2D eigenvalue weighted by Crippen LogP contribution is 2.55. The van der Waals surface area contributed by atoms with Crippen molar-refractivity contribution in [3.05, 3.63) is 66.1 Å². The fraction of sp³-hybridized carbons (Fsp3) is 0.176. The third-order valence-electron chi connectivity index (χ3n) is 4.32. The van der Waals surface area contributed by atoms with Crippen molar-refractivity contribution in [2.75, 3.05) is 5.73 Å². The smallest absolute Gasteiger partial charge is 0.153 e. The monoisotopic (exact) mass is 276 g/mol. The summed E-state index contributed by atoms with van der Waals surface area (Å²) >= 11 is 0. The Morgan fingerprint density at radius 3 is 2.38 bits per heavy atom. The van der Waals surface area contributed by atoms with E-state index in [4.69, 9.17) is 5.73 Å². The number of pyridine rings is 1. The minimum absolute atomic E-state index is 0.0322. The average molecular weight is 276 g/mol. The van der Waals surface area contributed by atoms with Crippen LogP contribution >= 0.6 is 0 Å². The molecule has 1 aliphatic rings. The number of aromatic nitrogens is 3. The second-order valence-corrected chi connectivity index (χ2v) is 5.54. The Kier molecular flexibility index (Phi) is 2.57. The van der Waals surface area contributed by atoms with Crippen molar-refractivity contribution in [2.45, 2.75) is 18.3 Å². The Labute approximate surface area is 123 Å². The average Bonchev–Trinajstić information content (AvgIpc) is 3.26. The summed E-state index contributed by atoms with van der Waals surface area (Å²) in [5.41, 5.74) is 10.7. The molecule has 104 valence electrons. The summed E-state index contributed by atoms with van der Waals surface area (Å²) in [5.74, 6) is 0.554. The van der Waals surface area contributed by atoms with E-state index in [1.54, 1.807) is 12.4 Å². The van der Waals surface area contributed by atoms with Crippen LogP contribution in [0.5, 0.6) is 0 Å². The van der Waals surface area contributed by atoms with E-state index in [1.165, 1.54) is 5.56 Å². The molecule has 2 aromatic heterocycles. The molecule has 4 heteroatoms. The lowest BCUT2D eigenvalue weighted by Gasteiger charge is -2.16. The van der Waals surface area contributed by atoms with Crippen LogP contribution in [0.15, 0.2) is 54.9 Å². The zero-order valence-electron chi connectivity index (χ0n) is 11.6. The molecule has 0 amide bonds. The predicted molar refractivity (Wildman–Crippen MR) is 82.7 cm³/mol. The van der Waals surface area contributed by atoms with E-state index in [1.807, 2.05) is 18.2 Å². The number of rotatable bonds is 3. The number of anilines is 1. The summed E-state index contributed by atoms with van der Waals surface area (Å²) in [5, 5.41) is 7.44. The zero-order valence-corrected chi connectivity index (χ0v) is 11.6. The van der Waals surface area contributed by atoms with Crippen molar-refractivity contribution in [3.63, 3.8) is 0 Å². The number of benzene rings is 1. The minimum Gasteiger partial charge on any atom is -0.382 e. The van der Waals surface area contributed by atoms with Crippen LogP contribution in [0.2, 0.25) is 0 Å². The summed E-state index contributed by atoms with van der Waals surface area (Å²) in [6, 6.07) is 14.5. The second kappa shape index (κ2) is 4.45. The van der Waals surface area contributed by atoms with Crippen LogP contribution in [0.1, 0.15) is 24.1 Å². The van der Waals surface area contributed by atoms with Gasteiger partial charge in [0, 0.05) is 23.4 Å². The molecule has 0 unspecified atom stereocenters. The first-order valence-corrected chi connectivity index (χ1v) is 7.11. The van der Waals surface area contributed by atoms with Gasteiger partial charge in [0.2, 0.25) is 0 Å². The van der Waals surface area contributed by atoms with Gasteiger partial charge >= 0.3 is 0 Å². The SMILES string of the molecule is Nc1n[nH]c(C2(c3ccccc3)CC2)c1-c1ccncc1. The maximum atomic E-state index is 6.11. The van der Waals surface area contributed by atoms with Gasteiger partial charge in [-0.05, 0) is 36.1 Å². The van der Waals surface area contributed by atoms with E-state index in [2.05, 4.69) is 39.4 Å². The maximum absolute atomic E-state index is 6.11. The van der Waals surface area contributed by atoms with Crippen molar-refractivity contribution >= 4 is 5.82 Å². The predicted octanol–water partition coefficient (Wildman–Crippen LogP) is 3.13. The Morgan fingerprint density at radius 1 is 1.00 bits per heavy atom. The topological polar surface area (TPSA) is 67.6 Å². The first-order chi connectivity index (χ1) is 10.3. The summed E-state index contributed by atoms with van der Waals surface area (Å²) < 4.78 is 0. The second-order valence-electron chi connectivity index (χ2n) is 5.54. The largest absolute Gasteiger partial charge is 0.382 e. The number of hydrogen-bond acceptors (Lipinski definition) is 3. The van der Waals surface area contributed by atoms with Crippen LogP contribution in [0.25, 0.3) is 11.1 Å². The molecule has 0 radical (unpaired) electrons. The first-order valence-electron chi connectivity index (χ1n) is 7.11. The van der Waals surface area contributed by atoms with Crippen LogP contribution in [-0.2, 0) is 5.41 Å². The van der Waals surface area contributed by atoms with Crippen molar-refractivity contribution in [1.82, 2.24) is 15.2 Å². The summed E-state index contributed by atoms with van der Waals surface area (Å²) in [7, 11) is 0. The maximum Gasteiger partial charge on any atom is 0.153 e. The normalized spacial score (nSPS) is 15.8. The van der Waals surface area contributed by atoms with Gasteiger partial charge in [0.1, 0.15) is 0 Å². The molecule has 21 heavy (non-hydrogen) atoms. The molecule has 3 N–H and O–H groups in total. The van der Waals surface area contributed by atoms with Gasteiger partial charge in [-0.2, -0.15) is 5.10 Å². The van der Waals surface area contributed by atoms with Gasteiger partial charge in [-0.25, -0.2) is 0 Å². The molecule has 0 spiro atoms. The van der Waals surface area contributed by atoms with E-state index >= 15 is 0 Å². The molecule has 0 bridgehead atoms. The lowest BCUT2D eigenvalue weighted by Crippen LogP contribution is -2.10. The van der Waals surface area contributed by atoms with E-state index < -0.39 is 0 Å². The Hall–Kier alpha value is -2.62. The van der Waals surface area contributed by atoms with E-state index in [9.17, 15) is 0 Å². The number of hydrogen-bond donors (Lipinski definition) is 2. The summed E-state index contributed by atoms with van der Waals surface area (Å²) in [6.07, 6.45) is 5.81. The molecule has 0 atom stereocenters. The van der Waals surface area contributed by atoms with Crippen LogP contribution in [-0.4, -0.2) is 15.2 Å². The standard InChI is InChI=1S/C17H16N4/c18-16-14(12-6-10-19-11-7-12)15(20-21-16)17(8-9-17)13-4-2-1-3-5-13/h1-7,10-11H,8-9H2,(H3,18,20,21). The third kappa shape index (κ3) is 1.83. The van der Waals surface area contributed by atoms with E-state index in [-0.39, 0.29) is 5.41 Å². The lowest BCUT2D eigenvalue weighted by molar-refractivity contribution is 0.794. The Bertz CT molecular complexity index is 758. The number of nitrogens with two attached hydrogens (primary N) is 1. The number of aromatic amines is 1. The van der Waals surface area contributed by atoms with E-state index in [0.717, 1.165) is 29.7 Å². The summed E-state index contributed by atoms with van der Waals surface area (Å²) in [6.45, 7) is 0. The molecule has 0 saturated heterocycles. The fourth-order valence-electron chi connectivity index (χ4n) is 3.08. The summed E-state index contributed by atoms with van der Waals surface area (Å²) in [4.78, 5) is 4.08. The molecule has 2 heterocycles. The molecule has 1 aromatic carbocycles. The first kappa shape index (κ1) is 12.1.